The van der Waals surface area contributed by atoms with Crippen LogP contribution in [0.1, 0.15) is 28.9 Å². The largest absolute Gasteiger partial charge is 0.381 e. The van der Waals surface area contributed by atoms with Gasteiger partial charge < -0.3 is 15.4 Å². The van der Waals surface area contributed by atoms with Gasteiger partial charge in [-0.2, -0.15) is 0 Å². The number of ether oxygens (including phenoxy) is 1. The van der Waals surface area contributed by atoms with E-state index >= 15 is 0 Å². The molecule has 104 valence electrons. The number of amides is 1. The number of aromatic nitrogens is 1. The van der Waals surface area contributed by atoms with Crippen molar-refractivity contribution in [2.45, 2.75) is 19.4 Å². The highest BCUT2D eigenvalue weighted by atomic mass is 16.5. The summed E-state index contributed by atoms with van der Waals surface area (Å²) in [4.78, 5) is 18.2. The van der Waals surface area contributed by atoms with E-state index in [-0.39, 0.29) is 5.91 Å². The van der Waals surface area contributed by atoms with Gasteiger partial charge >= 0.3 is 0 Å². The molecule has 1 amide bonds. The molecule has 0 saturated carbocycles. The lowest BCUT2D eigenvalue weighted by atomic mass is 10.0. The molecule has 1 aliphatic rings. The van der Waals surface area contributed by atoms with Crippen molar-refractivity contribution in [3.8, 4) is 0 Å². The molecule has 0 bridgehead atoms. The molecule has 1 fully saturated rings. The van der Waals surface area contributed by atoms with Gasteiger partial charge in [-0.3, -0.25) is 9.78 Å². The fourth-order valence-electron chi connectivity index (χ4n) is 2.36. The quantitative estimate of drug-likeness (QED) is 0.881. The second-order valence-electron chi connectivity index (χ2n) is 5.01. The van der Waals surface area contributed by atoms with Crippen LogP contribution in [0.25, 0.3) is 0 Å². The van der Waals surface area contributed by atoms with E-state index in [0.717, 1.165) is 38.3 Å². The molecular weight excluding hydrogens is 242 g/mol. The Morgan fingerprint density at radius 3 is 3.16 bits per heavy atom. The van der Waals surface area contributed by atoms with Gasteiger partial charge in [0.1, 0.15) is 0 Å². The third-order valence-electron chi connectivity index (χ3n) is 3.41. The molecule has 2 heterocycles. The predicted octanol–water partition coefficient (Wildman–Crippen LogP) is 1.04. The SMILES string of the molecule is CN(CC1CCCOC1)C(=O)c1ccnc(CN)c1. The van der Waals surface area contributed by atoms with E-state index in [9.17, 15) is 4.79 Å². The molecule has 0 aromatic carbocycles. The fraction of sp³-hybridized carbons (Fsp3) is 0.571. The van der Waals surface area contributed by atoms with Gasteiger partial charge in [0.15, 0.2) is 0 Å². The van der Waals surface area contributed by atoms with E-state index < -0.39 is 0 Å². The van der Waals surface area contributed by atoms with Crippen molar-refractivity contribution >= 4 is 5.91 Å². The standard InChI is InChI=1S/C14H21N3O2/c1-17(9-11-3-2-6-19-10-11)14(18)12-4-5-16-13(7-12)8-15/h4-5,7,11H,2-3,6,8-10,15H2,1H3. The maximum atomic E-state index is 12.3. The van der Waals surface area contributed by atoms with Gasteiger partial charge in [0.2, 0.25) is 0 Å². The van der Waals surface area contributed by atoms with Gasteiger partial charge in [-0.15, -0.1) is 0 Å². The summed E-state index contributed by atoms with van der Waals surface area (Å²) in [6, 6.07) is 3.49. The number of nitrogens with zero attached hydrogens (tertiary/aromatic N) is 2. The summed E-state index contributed by atoms with van der Waals surface area (Å²) in [5.41, 5.74) is 6.92. The molecule has 0 radical (unpaired) electrons. The van der Waals surface area contributed by atoms with Gasteiger partial charge in [0, 0.05) is 38.5 Å². The van der Waals surface area contributed by atoms with Gasteiger partial charge in [0.25, 0.3) is 5.91 Å². The molecule has 1 atom stereocenters. The first kappa shape index (κ1) is 14.0. The number of rotatable bonds is 4. The number of pyridine rings is 1. The molecular formula is C14H21N3O2. The predicted molar refractivity (Wildman–Crippen MR) is 72.6 cm³/mol. The molecule has 0 spiro atoms. The van der Waals surface area contributed by atoms with Crippen molar-refractivity contribution < 1.29 is 9.53 Å². The van der Waals surface area contributed by atoms with E-state index in [1.165, 1.54) is 0 Å². The van der Waals surface area contributed by atoms with Crippen LogP contribution in [0.15, 0.2) is 18.3 Å². The highest BCUT2D eigenvalue weighted by Crippen LogP contribution is 2.15. The smallest absolute Gasteiger partial charge is 0.253 e. The van der Waals surface area contributed by atoms with E-state index in [1.807, 2.05) is 7.05 Å². The molecule has 2 N–H and O–H groups in total. The third kappa shape index (κ3) is 3.75. The van der Waals surface area contributed by atoms with Crippen LogP contribution in [0.3, 0.4) is 0 Å². The number of nitrogens with two attached hydrogens (primary N) is 1. The van der Waals surface area contributed by atoms with Crippen LogP contribution >= 0.6 is 0 Å². The molecule has 0 aliphatic carbocycles. The first-order chi connectivity index (χ1) is 9.20. The highest BCUT2D eigenvalue weighted by molar-refractivity contribution is 5.94. The summed E-state index contributed by atoms with van der Waals surface area (Å²) < 4.78 is 5.44. The Morgan fingerprint density at radius 1 is 1.63 bits per heavy atom. The average molecular weight is 263 g/mol. The summed E-state index contributed by atoms with van der Waals surface area (Å²) in [5.74, 6) is 0.459. The van der Waals surface area contributed by atoms with Gasteiger partial charge in [-0.25, -0.2) is 0 Å². The van der Waals surface area contributed by atoms with Crippen molar-refractivity contribution in [1.29, 1.82) is 0 Å². The summed E-state index contributed by atoms with van der Waals surface area (Å²) in [7, 11) is 1.83. The van der Waals surface area contributed by atoms with Crippen LogP contribution < -0.4 is 5.73 Å². The van der Waals surface area contributed by atoms with Crippen molar-refractivity contribution in [2.75, 3.05) is 26.8 Å². The van der Waals surface area contributed by atoms with E-state index in [4.69, 9.17) is 10.5 Å². The Morgan fingerprint density at radius 2 is 2.47 bits per heavy atom. The van der Waals surface area contributed by atoms with Crippen LogP contribution in [0.2, 0.25) is 0 Å². The number of hydrogen-bond acceptors (Lipinski definition) is 4. The third-order valence-corrected chi connectivity index (χ3v) is 3.41. The van der Waals surface area contributed by atoms with Crippen LogP contribution in [0, 0.1) is 5.92 Å². The first-order valence-electron chi connectivity index (χ1n) is 6.69. The molecule has 19 heavy (non-hydrogen) atoms. The van der Waals surface area contributed by atoms with E-state index in [1.54, 1.807) is 23.2 Å². The van der Waals surface area contributed by atoms with Gasteiger partial charge in [-0.1, -0.05) is 0 Å². The molecule has 1 aromatic heterocycles. The van der Waals surface area contributed by atoms with E-state index in [0.29, 0.717) is 18.0 Å². The fourth-order valence-corrected chi connectivity index (χ4v) is 2.36. The molecule has 2 rings (SSSR count). The van der Waals surface area contributed by atoms with Crippen LogP contribution in [0.4, 0.5) is 0 Å². The maximum absolute atomic E-state index is 12.3. The average Bonchev–Trinajstić information content (AvgIpc) is 2.47. The van der Waals surface area contributed by atoms with Crippen LogP contribution in [-0.2, 0) is 11.3 Å². The first-order valence-corrected chi connectivity index (χ1v) is 6.69. The highest BCUT2D eigenvalue weighted by Gasteiger charge is 2.19. The second-order valence-corrected chi connectivity index (χ2v) is 5.01. The number of carbonyl (C=O) groups is 1. The Hall–Kier alpha value is -1.46. The normalized spacial score (nSPS) is 19.2. The zero-order valence-corrected chi connectivity index (χ0v) is 11.3. The minimum Gasteiger partial charge on any atom is -0.381 e. The van der Waals surface area contributed by atoms with Crippen molar-refractivity contribution in [3.05, 3.63) is 29.6 Å². The lowest BCUT2D eigenvalue weighted by Gasteiger charge is -2.27. The minimum atomic E-state index is 0.0164. The Bertz CT molecular complexity index is 430. The van der Waals surface area contributed by atoms with Crippen LogP contribution in [0.5, 0.6) is 0 Å². The Balaban J connectivity index is 1.97. The Labute approximate surface area is 113 Å². The zero-order chi connectivity index (χ0) is 13.7. The summed E-state index contributed by atoms with van der Waals surface area (Å²) in [5, 5.41) is 0. The summed E-state index contributed by atoms with van der Waals surface area (Å²) in [6.07, 6.45) is 3.84. The molecule has 5 heteroatoms. The topological polar surface area (TPSA) is 68.5 Å². The summed E-state index contributed by atoms with van der Waals surface area (Å²) in [6.45, 7) is 2.68. The maximum Gasteiger partial charge on any atom is 0.253 e. The van der Waals surface area contributed by atoms with E-state index in [2.05, 4.69) is 4.98 Å². The number of carbonyl (C=O) groups excluding carboxylic acids is 1. The number of hydrogen-bond donors (Lipinski definition) is 1. The molecule has 1 aromatic rings. The molecule has 5 nitrogen and oxygen atoms in total. The molecule has 1 unspecified atom stereocenters. The lowest BCUT2D eigenvalue weighted by molar-refractivity contribution is 0.0388. The Kier molecular flexibility index (Phi) is 4.87. The molecule has 1 aliphatic heterocycles. The van der Waals surface area contributed by atoms with Gasteiger partial charge in [0.05, 0.1) is 12.3 Å². The van der Waals surface area contributed by atoms with Crippen molar-refractivity contribution in [1.82, 2.24) is 9.88 Å². The minimum absolute atomic E-state index is 0.0164. The van der Waals surface area contributed by atoms with Crippen molar-refractivity contribution in [3.63, 3.8) is 0 Å². The zero-order valence-electron chi connectivity index (χ0n) is 11.3. The summed E-state index contributed by atoms with van der Waals surface area (Å²) >= 11 is 0. The lowest BCUT2D eigenvalue weighted by Crippen LogP contribution is -2.35. The van der Waals surface area contributed by atoms with Crippen LogP contribution in [-0.4, -0.2) is 42.6 Å². The monoisotopic (exact) mass is 263 g/mol. The van der Waals surface area contributed by atoms with Gasteiger partial charge in [-0.05, 0) is 30.9 Å². The second kappa shape index (κ2) is 6.63. The molecule has 1 saturated heterocycles. The van der Waals surface area contributed by atoms with Crippen molar-refractivity contribution in [2.24, 2.45) is 11.7 Å².